The van der Waals surface area contributed by atoms with Gasteiger partial charge in [-0.1, -0.05) is 12.1 Å². The number of anilines is 1. The summed E-state index contributed by atoms with van der Waals surface area (Å²) in [5, 5.41) is 9.08. The Morgan fingerprint density at radius 1 is 1.33 bits per heavy atom. The van der Waals surface area contributed by atoms with Crippen LogP contribution in [0.5, 0.6) is 0 Å². The molecule has 1 aromatic heterocycles. The summed E-state index contributed by atoms with van der Waals surface area (Å²) in [5.74, 6) is -1.03. The molecule has 0 radical (unpaired) electrons. The van der Waals surface area contributed by atoms with Crippen LogP contribution in [0, 0.1) is 6.92 Å². The van der Waals surface area contributed by atoms with Crippen molar-refractivity contribution in [2.45, 2.75) is 19.9 Å². The Balaban J connectivity index is 1.96. The standard InChI is InChI=1S/C16H14N2O3/c1-10-3-2-4-13(17-10)9-18-14-7-12(16(20)21)6-5-11(14)8-15(18)19/h2-7H,8-9H2,1H3,(H,20,21). The first-order valence-corrected chi connectivity index (χ1v) is 6.64. The zero-order valence-electron chi connectivity index (χ0n) is 11.5. The van der Waals surface area contributed by atoms with Gasteiger partial charge in [-0.15, -0.1) is 0 Å². The maximum atomic E-state index is 12.2. The van der Waals surface area contributed by atoms with Gasteiger partial charge in [-0.05, 0) is 36.8 Å². The molecule has 0 bridgehead atoms. The second-order valence-corrected chi connectivity index (χ2v) is 5.08. The number of benzene rings is 1. The Labute approximate surface area is 121 Å². The van der Waals surface area contributed by atoms with Crippen molar-refractivity contribution in [3.63, 3.8) is 0 Å². The minimum atomic E-state index is -0.995. The van der Waals surface area contributed by atoms with Crippen LogP contribution in [0.25, 0.3) is 0 Å². The van der Waals surface area contributed by atoms with Crippen LogP contribution < -0.4 is 4.90 Å². The average Bonchev–Trinajstić information content (AvgIpc) is 2.74. The van der Waals surface area contributed by atoms with Crippen molar-refractivity contribution in [3.05, 3.63) is 58.9 Å². The summed E-state index contributed by atoms with van der Waals surface area (Å²) in [6, 6.07) is 10.4. The Bertz CT molecular complexity index is 740. The maximum absolute atomic E-state index is 12.2. The summed E-state index contributed by atoms with van der Waals surface area (Å²) in [4.78, 5) is 29.2. The molecule has 0 spiro atoms. The van der Waals surface area contributed by atoms with E-state index in [0.29, 0.717) is 18.7 Å². The van der Waals surface area contributed by atoms with E-state index in [1.807, 2.05) is 25.1 Å². The van der Waals surface area contributed by atoms with Gasteiger partial charge in [0, 0.05) is 11.4 Å². The minimum absolute atomic E-state index is 0.0316. The molecule has 21 heavy (non-hydrogen) atoms. The van der Waals surface area contributed by atoms with Crippen molar-refractivity contribution in [2.24, 2.45) is 0 Å². The molecule has 0 saturated heterocycles. The fraction of sp³-hybridized carbons (Fsp3) is 0.188. The maximum Gasteiger partial charge on any atom is 0.335 e. The van der Waals surface area contributed by atoms with Gasteiger partial charge in [0.2, 0.25) is 5.91 Å². The summed E-state index contributed by atoms with van der Waals surface area (Å²) in [6.07, 6.45) is 0.307. The predicted octanol–water partition coefficient (Wildman–Crippen LogP) is 2.18. The number of rotatable bonds is 3. The number of amides is 1. The van der Waals surface area contributed by atoms with E-state index in [-0.39, 0.29) is 11.5 Å². The van der Waals surface area contributed by atoms with E-state index >= 15 is 0 Å². The van der Waals surface area contributed by atoms with E-state index in [4.69, 9.17) is 5.11 Å². The molecule has 2 aromatic rings. The number of carbonyl (C=O) groups is 2. The molecule has 1 aromatic carbocycles. The number of aromatic carboxylic acids is 1. The molecule has 1 amide bonds. The topological polar surface area (TPSA) is 70.5 Å². The van der Waals surface area contributed by atoms with Gasteiger partial charge in [-0.25, -0.2) is 4.79 Å². The Hall–Kier alpha value is -2.69. The molecule has 2 heterocycles. The lowest BCUT2D eigenvalue weighted by Crippen LogP contribution is -2.26. The monoisotopic (exact) mass is 282 g/mol. The zero-order chi connectivity index (χ0) is 15.0. The van der Waals surface area contributed by atoms with Crippen LogP contribution in [0.15, 0.2) is 36.4 Å². The van der Waals surface area contributed by atoms with Crippen LogP contribution >= 0.6 is 0 Å². The molecule has 0 aliphatic carbocycles. The van der Waals surface area contributed by atoms with Crippen LogP contribution in [0.2, 0.25) is 0 Å². The molecule has 1 aliphatic rings. The molecule has 5 heteroatoms. The lowest BCUT2D eigenvalue weighted by atomic mass is 10.1. The predicted molar refractivity (Wildman–Crippen MR) is 77.3 cm³/mol. The fourth-order valence-corrected chi connectivity index (χ4v) is 2.51. The van der Waals surface area contributed by atoms with Crippen molar-refractivity contribution < 1.29 is 14.7 Å². The number of fused-ring (bicyclic) bond motifs is 1. The van der Waals surface area contributed by atoms with Gasteiger partial charge in [-0.3, -0.25) is 9.78 Å². The third-order valence-electron chi connectivity index (χ3n) is 3.53. The van der Waals surface area contributed by atoms with Gasteiger partial charge in [-0.2, -0.15) is 0 Å². The van der Waals surface area contributed by atoms with Gasteiger partial charge >= 0.3 is 5.97 Å². The summed E-state index contributed by atoms with van der Waals surface area (Å²) < 4.78 is 0. The Morgan fingerprint density at radius 3 is 2.86 bits per heavy atom. The van der Waals surface area contributed by atoms with Crippen molar-refractivity contribution in [1.29, 1.82) is 0 Å². The number of nitrogens with zero attached hydrogens (tertiary/aromatic N) is 2. The first-order chi connectivity index (χ1) is 10.0. The van der Waals surface area contributed by atoms with E-state index < -0.39 is 5.97 Å². The van der Waals surface area contributed by atoms with Crippen molar-refractivity contribution >= 4 is 17.6 Å². The van der Waals surface area contributed by atoms with Crippen molar-refractivity contribution in [3.8, 4) is 0 Å². The quantitative estimate of drug-likeness (QED) is 0.936. The van der Waals surface area contributed by atoms with E-state index in [0.717, 1.165) is 17.0 Å². The molecule has 1 N–H and O–H groups in total. The van der Waals surface area contributed by atoms with E-state index in [9.17, 15) is 9.59 Å². The fourth-order valence-electron chi connectivity index (χ4n) is 2.51. The zero-order valence-corrected chi connectivity index (χ0v) is 11.5. The molecule has 3 rings (SSSR count). The van der Waals surface area contributed by atoms with Gasteiger partial charge in [0.1, 0.15) is 0 Å². The number of aromatic nitrogens is 1. The lowest BCUT2D eigenvalue weighted by molar-refractivity contribution is -0.117. The van der Waals surface area contributed by atoms with Gasteiger partial charge in [0.25, 0.3) is 0 Å². The number of pyridine rings is 1. The molecule has 1 aliphatic heterocycles. The summed E-state index contributed by atoms with van der Waals surface area (Å²) >= 11 is 0. The van der Waals surface area contributed by atoms with Crippen LogP contribution in [-0.2, 0) is 17.8 Å². The molecular weight excluding hydrogens is 268 g/mol. The lowest BCUT2D eigenvalue weighted by Gasteiger charge is -2.17. The highest BCUT2D eigenvalue weighted by Crippen LogP contribution is 2.31. The van der Waals surface area contributed by atoms with Gasteiger partial charge in [0.15, 0.2) is 0 Å². The first-order valence-electron chi connectivity index (χ1n) is 6.64. The van der Waals surface area contributed by atoms with Gasteiger partial charge < -0.3 is 10.0 Å². The summed E-state index contributed by atoms with van der Waals surface area (Å²) in [7, 11) is 0. The highest BCUT2D eigenvalue weighted by Gasteiger charge is 2.28. The Kier molecular flexibility index (Phi) is 3.17. The molecular formula is C16H14N2O3. The minimum Gasteiger partial charge on any atom is -0.478 e. The third-order valence-corrected chi connectivity index (χ3v) is 3.53. The normalized spacial score (nSPS) is 13.4. The van der Waals surface area contributed by atoms with Crippen LogP contribution in [0.4, 0.5) is 5.69 Å². The first kappa shape index (κ1) is 13.3. The van der Waals surface area contributed by atoms with Crippen LogP contribution in [0.1, 0.15) is 27.3 Å². The number of hydrogen-bond donors (Lipinski definition) is 1. The Morgan fingerprint density at radius 2 is 2.14 bits per heavy atom. The molecule has 106 valence electrons. The highest BCUT2D eigenvalue weighted by molar-refractivity contribution is 6.02. The molecule has 0 saturated carbocycles. The van der Waals surface area contributed by atoms with E-state index in [1.54, 1.807) is 17.0 Å². The summed E-state index contributed by atoms with van der Waals surface area (Å²) in [6.45, 7) is 2.25. The number of carbonyl (C=O) groups excluding carboxylic acids is 1. The van der Waals surface area contributed by atoms with Crippen molar-refractivity contribution in [1.82, 2.24) is 4.98 Å². The molecule has 0 fully saturated rings. The second kappa shape index (κ2) is 5.01. The van der Waals surface area contributed by atoms with Crippen LogP contribution in [0.3, 0.4) is 0 Å². The second-order valence-electron chi connectivity index (χ2n) is 5.08. The van der Waals surface area contributed by atoms with Crippen LogP contribution in [-0.4, -0.2) is 22.0 Å². The number of carboxylic acids is 1. The highest BCUT2D eigenvalue weighted by atomic mass is 16.4. The number of aryl methyl sites for hydroxylation is 1. The SMILES string of the molecule is Cc1cccc(CN2C(=O)Cc3ccc(C(=O)O)cc32)n1. The molecule has 0 unspecified atom stereocenters. The smallest absolute Gasteiger partial charge is 0.335 e. The molecule has 5 nitrogen and oxygen atoms in total. The van der Waals surface area contributed by atoms with E-state index in [1.165, 1.54) is 6.07 Å². The van der Waals surface area contributed by atoms with Crippen molar-refractivity contribution in [2.75, 3.05) is 4.90 Å². The average molecular weight is 282 g/mol. The van der Waals surface area contributed by atoms with E-state index in [2.05, 4.69) is 4.98 Å². The third kappa shape index (κ3) is 2.50. The summed E-state index contributed by atoms with van der Waals surface area (Å²) in [5.41, 5.74) is 3.39. The number of carboxylic acid groups (broad SMARTS) is 1. The largest absolute Gasteiger partial charge is 0.478 e. The van der Waals surface area contributed by atoms with Gasteiger partial charge in [0.05, 0.1) is 24.2 Å². The molecule has 0 atom stereocenters. The number of hydrogen-bond acceptors (Lipinski definition) is 3.